The average molecular weight is 231 g/mol. The van der Waals surface area contributed by atoms with Crippen molar-refractivity contribution < 1.29 is 4.39 Å². The molecule has 0 spiro atoms. The van der Waals surface area contributed by atoms with Gasteiger partial charge >= 0.3 is 0 Å². The molecule has 2 aromatic rings. The first kappa shape index (κ1) is 11.7. The van der Waals surface area contributed by atoms with Crippen LogP contribution in [-0.4, -0.2) is 9.97 Å². The lowest BCUT2D eigenvalue weighted by molar-refractivity contribution is 0.596. The molecule has 0 atom stereocenters. The smallest absolute Gasteiger partial charge is 0.172 e. The van der Waals surface area contributed by atoms with E-state index in [0.29, 0.717) is 5.69 Å². The lowest BCUT2D eigenvalue weighted by atomic mass is 10.1. The van der Waals surface area contributed by atoms with Crippen LogP contribution in [-0.2, 0) is 13.0 Å². The molecule has 88 valence electrons. The van der Waals surface area contributed by atoms with Crippen molar-refractivity contribution in [2.75, 3.05) is 0 Å². The van der Waals surface area contributed by atoms with Crippen LogP contribution in [0.15, 0.2) is 30.6 Å². The van der Waals surface area contributed by atoms with Gasteiger partial charge in [0.2, 0.25) is 0 Å². The summed E-state index contributed by atoms with van der Waals surface area (Å²) in [5.74, 6) is -0.431. The number of nitrogens with two attached hydrogens (primary N) is 1. The van der Waals surface area contributed by atoms with Crippen LogP contribution in [0.2, 0.25) is 0 Å². The Labute approximate surface area is 99.5 Å². The molecule has 0 unspecified atom stereocenters. The molecule has 0 saturated heterocycles. The van der Waals surface area contributed by atoms with E-state index in [2.05, 4.69) is 16.9 Å². The van der Waals surface area contributed by atoms with Crippen molar-refractivity contribution in [3.05, 3.63) is 47.7 Å². The SMILES string of the molecule is CCc1ccc(-c2ncnc(CN)c2F)cc1. The van der Waals surface area contributed by atoms with Gasteiger partial charge in [0.25, 0.3) is 0 Å². The number of rotatable bonds is 3. The normalized spacial score (nSPS) is 10.5. The van der Waals surface area contributed by atoms with Gasteiger partial charge in [-0.05, 0) is 12.0 Å². The fourth-order valence-electron chi connectivity index (χ4n) is 1.65. The van der Waals surface area contributed by atoms with Crippen LogP contribution in [0.4, 0.5) is 4.39 Å². The first-order valence-corrected chi connectivity index (χ1v) is 5.55. The minimum atomic E-state index is -0.431. The number of benzene rings is 1. The Kier molecular flexibility index (Phi) is 3.44. The van der Waals surface area contributed by atoms with Crippen LogP contribution in [0.25, 0.3) is 11.3 Å². The number of hydrogen-bond donors (Lipinski definition) is 1. The van der Waals surface area contributed by atoms with Crippen LogP contribution in [0.5, 0.6) is 0 Å². The molecule has 0 bridgehead atoms. The predicted molar refractivity (Wildman–Crippen MR) is 64.7 cm³/mol. The van der Waals surface area contributed by atoms with E-state index in [9.17, 15) is 4.39 Å². The summed E-state index contributed by atoms with van der Waals surface area (Å²) in [6, 6.07) is 7.67. The molecule has 2 N–H and O–H groups in total. The molecule has 0 aliphatic heterocycles. The zero-order valence-corrected chi connectivity index (χ0v) is 9.65. The van der Waals surface area contributed by atoms with Crippen molar-refractivity contribution in [2.45, 2.75) is 19.9 Å². The number of nitrogens with zero attached hydrogens (tertiary/aromatic N) is 2. The minimum absolute atomic E-state index is 0.0778. The molecule has 0 saturated carbocycles. The van der Waals surface area contributed by atoms with Gasteiger partial charge in [0, 0.05) is 12.1 Å². The Morgan fingerprint density at radius 3 is 2.47 bits per heavy atom. The minimum Gasteiger partial charge on any atom is -0.325 e. The van der Waals surface area contributed by atoms with Crippen molar-refractivity contribution >= 4 is 0 Å². The maximum atomic E-state index is 13.9. The predicted octanol–water partition coefficient (Wildman–Crippen LogP) is 2.30. The third kappa shape index (κ3) is 2.31. The maximum absolute atomic E-state index is 13.9. The molecule has 0 fully saturated rings. The van der Waals surface area contributed by atoms with Gasteiger partial charge in [-0.3, -0.25) is 0 Å². The summed E-state index contributed by atoms with van der Waals surface area (Å²) in [7, 11) is 0. The Morgan fingerprint density at radius 1 is 1.18 bits per heavy atom. The summed E-state index contributed by atoms with van der Waals surface area (Å²) in [6.45, 7) is 2.15. The first-order valence-electron chi connectivity index (χ1n) is 5.55. The fraction of sp³-hybridized carbons (Fsp3) is 0.231. The third-order valence-electron chi connectivity index (χ3n) is 2.69. The maximum Gasteiger partial charge on any atom is 0.172 e. The average Bonchev–Trinajstić information content (AvgIpc) is 2.39. The molecule has 0 radical (unpaired) electrons. The van der Waals surface area contributed by atoms with E-state index < -0.39 is 5.82 Å². The van der Waals surface area contributed by atoms with E-state index in [4.69, 9.17) is 5.73 Å². The number of hydrogen-bond acceptors (Lipinski definition) is 3. The molecule has 0 amide bonds. The van der Waals surface area contributed by atoms with Crippen molar-refractivity contribution in [2.24, 2.45) is 5.73 Å². The zero-order valence-electron chi connectivity index (χ0n) is 9.65. The standard InChI is InChI=1S/C13H14FN3/c1-2-9-3-5-10(6-4-9)13-12(14)11(7-15)16-8-17-13/h3-6,8H,2,7,15H2,1H3. The van der Waals surface area contributed by atoms with Gasteiger partial charge < -0.3 is 5.73 Å². The summed E-state index contributed by atoms with van der Waals surface area (Å²) >= 11 is 0. The lowest BCUT2D eigenvalue weighted by Crippen LogP contribution is -2.05. The summed E-state index contributed by atoms with van der Waals surface area (Å²) < 4.78 is 13.9. The van der Waals surface area contributed by atoms with Gasteiger partial charge in [0.15, 0.2) is 5.82 Å². The zero-order chi connectivity index (χ0) is 12.3. The summed E-state index contributed by atoms with van der Waals surface area (Å²) in [4.78, 5) is 7.78. The first-order chi connectivity index (χ1) is 8.26. The highest BCUT2D eigenvalue weighted by Gasteiger charge is 2.11. The van der Waals surface area contributed by atoms with Gasteiger partial charge in [-0.15, -0.1) is 0 Å². The highest BCUT2D eigenvalue weighted by molar-refractivity contribution is 5.60. The van der Waals surface area contributed by atoms with E-state index in [1.807, 2.05) is 24.3 Å². The number of aryl methyl sites for hydroxylation is 1. The van der Waals surface area contributed by atoms with Crippen molar-refractivity contribution in [3.63, 3.8) is 0 Å². The summed E-state index contributed by atoms with van der Waals surface area (Å²) in [6.07, 6.45) is 2.30. The summed E-state index contributed by atoms with van der Waals surface area (Å²) in [5, 5.41) is 0. The van der Waals surface area contributed by atoms with E-state index in [1.165, 1.54) is 11.9 Å². The van der Waals surface area contributed by atoms with Gasteiger partial charge in [-0.2, -0.15) is 0 Å². The van der Waals surface area contributed by atoms with Crippen molar-refractivity contribution in [1.82, 2.24) is 9.97 Å². The fourth-order valence-corrected chi connectivity index (χ4v) is 1.65. The monoisotopic (exact) mass is 231 g/mol. The Morgan fingerprint density at radius 2 is 1.88 bits per heavy atom. The van der Waals surface area contributed by atoms with Gasteiger partial charge in [-0.25, -0.2) is 14.4 Å². The summed E-state index contributed by atoms with van der Waals surface area (Å²) in [5.41, 5.74) is 7.92. The lowest BCUT2D eigenvalue weighted by Gasteiger charge is -2.05. The molecule has 0 aliphatic carbocycles. The van der Waals surface area contributed by atoms with E-state index >= 15 is 0 Å². The van der Waals surface area contributed by atoms with Crippen LogP contribution in [0.3, 0.4) is 0 Å². The quantitative estimate of drug-likeness (QED) is 0.881. The van der Waals surface area contributed by atoms with Crippen molar-refractivity contribution in [3.8, 4) is 11.3 Å². The van der Waals surface area contributed by atoms with E-state index in [1.54, 1.807) is 0 Å². The molecule has 3 nitrogen and oxygen atoms in total. The second-order valence-corrected chi connectivity index (χ2v) is 3.74. The van der Waals surface area contributed by atoms with Crippen LogP contribution >= 0.6 is 0 Å². The highest BCUT2D eigenvalue weighted by Crippen LogP contribution is 2.21. The van der Waals surface area contributed by atoms with Crippen LogP contribution in [0.1, 0.15) is 18.2 Å². The third-order valence-corrected chi connectivity index (χ3v) is 2.69. The molecule has 1 heterocycles. The van der Waals surface area contributed by atoms with Gasteiger partial charge in [0.05, 0.1) is 5.69 Å². The molecular formula is C13H14FN3. The van der Waals surface area contributed by atoms with Crippen LogP contribution < -0.4 is 5.73 Å². The molecule has 2 rings (SSSR count). The molecule has 4 heteroatoms. The number of aromatic nitrogens is 2. The highest BCUT2D eigenvalue weighted by atomic mass is 19.1. The Bertz CT molecular complexity index is 509. The molecule has 1 aromatic carbocycles. The van der Waals surface area contributed by atoms with E-state index in [-0.39, 0.29) is 12.2 Å². The van der Waals surface area contributed by atoms with Crippen molar-refractivity contribution in [1.29, 1.82) is 0 Å². The molecule has 1 aromatic heterocycles. The molecular weight excluding hydrogens is 217 g/mol. The molecule has 0 aliphatic rings. The molecule has 17 heavy (non-hydrogen) atoms. The Hall–Kier alpha value is -1.81. The Balaban J connectivity index is 2.45. The van der Waals surface area contributed by atoms with Gasteiger partial charge in [-0.1, -0.05) is 31.2 Å². The largest absolute Gasteiger partial charge is 0.325 e. The van der Waals surface area contributed by atoms with Gasteiger partial charge in [0.1, 0.15) is 12.0 Å². The number of halogens is 1. The van der Waals surface area contributed by atoms with Crippen LogP contribution in [0, 0.1) is 5.82 Å². The second kappa shape index (κ2) is 5.01. The topological polar surface area (TPSA) is 51.8 Å². The van der Waals surface area contributed by atoms with E-state index in [0.717, 1.165) is 12.0 Å². The second-order valence-electron chi connectivity index (χ2n) is 3.74.